The van der Waals surface area contributed by atoms with E-state index in [-0.39, 0.29) is 15.9 Å². The first-order valence-corrected chi connectivity index (χ1v) is 4.82. The number of aromatic amines is 1. The third-order valence-electron chi connectivity index (χ3n) is 2.02. The predicted molar refractivity (Wildman–Crippen MR) is 56.3 cm³/mol. The van der Waals surface area contributed by atoms with Crippen LogP contribution in [-0.2, 0) is 0 Å². The van der Waals surface area contributed by atoms with Gasteiger partial charge in [-0.1, -0.05) is 23.7 Å². The number of hydrogen-bond acceptors (Lipinski definition) is 2. The van der Waals surface area contributed by atoms with Gasteiger partial charge in [0.1, 0.15) is 0 Å². The number of ether oxygens (including phenoxy) is 1. The molecule has 0 aliphatic rings. The standard InChI is InChI=1S/C10H5ClF3NO2/c11-6-4-8(16)15-9-5(6)2-1-3-7(9)17-10(12,13)14/h1-4H,(H,15,16). The normalized spacial score (nSPS) is 11.8. The number of benzene rings is 1. The molecule has 0 spiro atoms. The lowest BCUT2D eigenvalue weighted by atomic mass is 10.2. The Morgan fingerprint density at radius 2 is 2.00 bits per heavy atom. The average Bonchev–Trinajstić information content (AvgIpc) is 2.17. The molecule has 0 saturated carbocycles. The van der Waals surface area contributed by atoms with E-state index in [0.717, 1.165) is 12.1 Å². The highest BCUT2D eigenvalue weighted by Crippen LogP contribution is 2.31. The van der Waals surface area contributed by atoms with Gasteiger partial charge in [-0.2, -0.15) is 0 Å². The molecule has 1 heterocycles. The molecule has 0 radical (unpaired) electrons. The molecule has 2 rings (SSSR count). The Morgan fingerprint density at radius 3 is 2.65 bits per heavy atom. The Morgan fingerprint density at radius 1 is 1.29 bits per heavy atom. The fourth-order valence-electron chi connectivity index (χ4n) is 1.42. The van der Waals surface area contributed by atoms with Gasteiger partial charge in [0.2, 0.25) is 5.56 Å². The Balaban J connectivity index is 2.69. The highest BCUT2D eigenvalue weighted by atomic mass is 35.5. The van der Waals surface area contributed by atoms with E-state index in [9.17, 15) is 18.0 Å². The van der Waals surface area contributed by atoms with Crippen molar-refractivity contribution in [1.82, 2.24) is 4.98 Å². The Labute approximate surface area is 97.8 Å². The highest BCUT2D eigenvalue weighted by Gasteiger charge is 2.32. The zero-order chi connectivity index (χ0) is 12.6. The van der Waals surface area contributed by atoms with Crippen LogP contribution < -0.4 is 10.3 Å². The van der Waals surface area contributed by atoms with Crippen LogP contribution in [0, 0.1) is 0 Å². The number of alkyl halides is 3. The number of nitrogens with one attached hydrogen (secondary N) is 1. The van der Waals surface area contributed by atoms with Gasteiger partial charge in [0.25, 0.3) is 0 Å². The van der Waals surface area contributed by atoms with Crippen molar-refractivity contribution in [3.63, 3.8) is 0 Å². The van der Waals surface area contributed by atoms with Gasteiger partial charge in [-0.3, -0.25) is 4.79 Å². The number of halogens is 4. The van der Waals surface area contributed by atoms with E-state index in [0.29, 0.717) is 0 Å². The zero-order valence-electron chi connectivity index (χ0n) is 8.14. The zero-order valence-corrected chi connectivity index (χ0v) is 8.89. The molecule has 0 atom stereocenters. The SMILES string of the molecule is O=c1cc(Cl)c2cccc(OC(F)(F)F)c2[nH]1. The van der Waals surface area contributed by atoms with Crippen molar-refractivity contribution in [2.24, 2.45) is 0 Å². The van der Waals surface area contributed by atoms with Crippen molar-refractivity contribution in [3.05, 3.63) is 39.6 Å². The maximum absolute atomic E-state index is 12.1. The molecule has 1 aromatic carbocycles. The molecule has 1 aromatic heterocycles. The number of aromatic nitrogens is 1. The number of rotatable bonds is 1. The largest absolute Gasteiger partial charge is 0.573 e. The summed E-state index contributed by atoms with van der Waals surface area (Å²) in [5, 5.41) is 0.351. The summed E-state index contributed by atoms with van der Waals surface area (Å²) in [5.74, 6) is -0.491. The molecule has 0 amide bonds. The van der Waals surface area contributed by atoms with Gasteiger partial charge < -0.3 is 9.72 Å². The van der Waals surface area contributed by atoms with E-state index in [1.807, 2.05) is 0 Å². The number of hydrogen-bond donors (Lipinski definition) is 1. The van der Waals surface area contributed by atoms with Gasteiger partial charge in [-0.15, -0.1) is 13.2 Å². The second-order valence-electron chi connectivity index (χ2n) is 3.21. The van der Waals surface area contributed by atoms with Gasteiger partial charge in [0, 0.05) is 11.5 Å². The summed E-state index contributed by atoms with van der Waals surface area (Å²) in [7, 11) is 0. The fraction of sp³-hybridized carbons (Fsp3) is 0.100. The van der Waals surface area contributed by atoms with Crippen LogP contribution in [0.3, 0.4) is 0 Å². The Bertz CT molecular complexity index is 621. The average molecular weight is 264 g/mol. The van der Waals surface area contributed by atoms with E-state index in [4.69, 9.17) is 11.6 Å². The smallest absolute Gasteiger partial charge is 0.404 e. The number of pyridine rings is 1. The molecular weight excluding hydrogens is 259 g/mol. The first-order chi connectivity index (χ1) is 7.87. The van der Waals surface area contributed by atoms with Crippen LogP contribution in [0.5, 0.6) is 5.75 Å². The quantitative estimate of drug-likeness (QED) is 0.859. The molecule has 0 aliphatic heterocycles. The van der Waals surface area contributed by atoms with Crippen LogP contribution in [0.2, 0.25) is 5.02 Å². The van der Waals surface area contributed by atoms with Crippen molar-refractivity contribution in [3.8, 4) is 5.75 Å². The van der Waals surface area contributed by atoms with Crippen molar-refractivity contribution < 1.29 is 17.9 Å². The van der Waals surface area contributed by atoms with Crippen LogP contribution in [0.4, 0.5) is 13.2 Å². The van der Waals surface area contributed by atoms with E-state index in [2.05, 4.69) is 9.72 Å². The third kappa shape index (κ3) is 2.52. The maximum atomic E-state index is 12.1. The molecule has 7 heteroatoms. The van der Waals surface area contributed by atoms with Gasteiger partial charge in [-0.05, 0) is 6.07 Å². The van der Waals surface area contributed by atoms with Crippen molar-refractivity contribution in [2.45, 2.75) is 6.36 Å². The van der Waals surface area contributed by atoms with E-state index in [1.54, 1.807) is 0 Å². The minimum Gasteiger partial charge on any atom is -0.404 e. The molecule has 17 heavy (non-hydrogen) atoms. The lowest BCUT2D eigenvalue weighted by molar-refractivity contribution is -0.274. The van der Waals surface area contributed by atoms with Crippen LogP contribution in [0.15, 0.2) is 29.1 Å². The molecule has 2 aromatic rings. The van der Waals surface area contributed by atoms with Crippen molar-refractivity contribution >= 4 is 22.5 Å². The minimum absolute atomic E-state index is 0.0661. The summed E-state index contributed by atoms with van der Waals surface area (Å²) in [6.07, 6.45) is -4.83. The molecule has 0 saturated heterocycles. The number of para-hydroxylation sites is 1. The number of H-pyrrole nitrogens is 1. The monoisotopic (exact) mass is 263 g/mol. The summed E-state index contributed by atoms with van der Waals surface area (Å²) in [6.45, 7) is 0. The summed E-state index contributed by atoms with van der Waals surface area (Å²) < 4.78 is 40.2. The topological polar surface area (TPSA) is 42.1 Å². The predicted octanol–water partition coefficient (Wildman–Crippen LogP) is 3.08. The molecule has 3 nitrogen and oxygen atoms in total. The first-order valence-electron chi connectivity index (χ1n) is 4.44. The fourth-order valence-corrected chi connectivity index (χ4v) is 1.68. The van der Waals surface area contributed by atoms with Gasteiger partial charge >= 0.3 is 6.36 Å². The van der Waals surface area contributed by atoms with Crippen LogP contribution in [0.1, 0.15) is 0 Å². The Hall–Kier alpha value is -1.69. The van der Waals surface area contributed by atoms with Crippen LogP contribution in [0.25, 0.3) is 10.9 Å². The molecule has 0 fully saturated rings. The first kappa shape index (κ1) is 11.8. The molecule has 90 valence electrons. The third-order valence-corrected chi connectivity index (χ3v) is 2.33. The van der Waals surface area contributed by atoms with Crippen molar-refractivity contribution in [2.75, 3.05) is 0 Å². The van der Waals surface area contributed by atoms with Gasteiger partial charge in [-0.25, -0.2) is 0 Å². The summed E-state index contributed by atoms with van der Waals surface area (Å²) in [6, 6.07) is 5.02. The number of fused-ring (bicyclic) bond motifs is 1. The van der Waals surface area contributed by atoms with Gasteiger partial charge in [0.05, 0.1) is 10.5 Å². The molecule has 0 bridgehead atoms. The summed E-state index contributed by atoms with van der Waals surface area (Å²) in [5.41, 5.74) is -0.678. The molecular formula is C10H5ClF3NO2. The van der Waals surface area contributed by atoms with Crippen LogP contribution >= 0.6 is 11.6 Å². The van der Waals surface area contributed by atoms with Crippen LogP contribution in [-0.4, -0.2) is 11.3 Å². The molecule has 1 N–H and O–H groups in total. The second-order valence-corrected chi connectivity index (χ2v) is 3.62. The van der Waals surface area contributed by atoms with E-state index < -0.39 is 17.7 Å². The summed E-state index contributed by atoms with van der Waals surface area (Å²) in [4.78, 5) is 13.4. The Kier molecular flexibility index (Phi) is 2.74. The van der Waals surface area contributed by atoms with E-state index in [1.165, 1.54) is 12.1 Å². The lowest BCUT2D eigenvalue weighted by Crippen LogP contribution is -2.18. The highest BCUT2D eigenvalue weighted by molar-refractivity contribution is 6.35. The maximum Gasteiger partial charge on any atom is 0.573 e. The molecule has 0 unspecified atom stereocenters. The van der Waals surface area contributed by atoms with Gasteiger partial charge in [0.15, 0.2) is 5.75 Å². The van der Waals surface area contributed by atoms with Crippen molar-refractivity contribution in [1.29, 1.82) is 0 Å². The minimum atomic E-state index is -4.83. The molecule has 0 aliphatic carbocycles. The van der Waals surface area contributed by atoms with E-state index >= 15 is 0 Å². The second kappa shape index (κ2) is 3.96. The lowest BCUT2D eigenvalue weighted by Gasteiger charge is -2.11. The summed E-state index contributed by atoms with van der Waals surface area (Å²) >= 11 is 5.75.